The molecule has 1 aliphatic rings. The summed E-state index contributed by atoms with van der Waals surface area (Å²) in [7, 11) is 1.63. The molecule has 1 aliphatic heterocycles. The van der Waals surface area contributed by atoms with E-state index in [1.807, 2.05) is 29.2 Å². The largest absolute Gasteiger partial charge is 0.497 e. The highest BCUT2D eigenvalue weighted by Gasteiger charge is 2.28. The highest BCUT2D eigenvalue weighted by Crippen LogP contribution is 2.18. The minimum absolute atomic E-state index is 0.0321. The van der Waals surface area contributed by atoms with Gasteiger partial charge in [-0.2, -0.15) is 0 Å². The molecule has 0 aromatic heterocycles. The van der Waals surface area contributed by atoms with Crippen LogP contribution in [0.25, 0.3) is 0 Å². The molecule has 110 valence electrons. The van der Waals surface area contributed by atoms with Crippen LogP contribution >= 0.6 is 0 Å². The molecule has 1 atom stereocenters. The molecule has 0 bridgehead atoms. The predicted molar refractivity (Wildman–Crippen MR) is 80.2 cm³/mol. The minimum atomic E-state index is -0.0321. The fourth-order valence-corrected chi connectivity index (χ4v) is 2.44. The SMILES string of the molecule is COc1ccc(NC(=O)N2CCNCC2C(C)C)cc1. The first-order valence-electron chi connectivity index (χ1n) is 7.04. The lowest BCUT2D eigenvalue weighted by Gasteiger charge is -2.38. The number of urea groups is 1. The number of piperazine rings is 1. The summed E-state index contributed by atoms with van der Waals surface area (Å²) >= 11 is 0. The Balaban J connectivity index is 2.01. The van der Waals surface area contributed by atoms with Crippen LogP contribution < -0.4 is 15.4 Å². The summed E-state index contributed by atoms with van der Waals surface area (Å²) < 4.78 is 5.11. The van der Waals surface area contributed by atoms with E-state index in [0.29, 0.717) is 5.92 Å². The number of nitrogens with one attached hydrogen (secondary N) is 2. The molecule has 5 nitrogen and oxygen atoms in total. The number of anilines is 1. The fourth-order valence-electron chi connectivity index (χ4n) is 2.44. The third-order valence-electron chi connectivity index (χ3n) is 3.65. The summed E-state index contributed by atoms with van der Waals surface area (Å²) in [6, 6.07) is 7.59. The van der Waals surface area contributed by atoms with Crippen molar-refractivity contribution < 1.29 is 9.53 Å². The average molecular weight is 277 g/mol. The molecule has 0 aliphatic carbocycles. The summed E-state index contributed by atoms with van der Waals surface area (Å²) in [6.07, 6.45) is 0. The number of hydrogen-bond donors (Lipinski definition) is 2. The Bertz CT molecular complexity index is 445. The van der Waals surface area contributed by atoms with Crippen LogP contribution in [-0.4, -0.2) is 43.7 Å². The van der Waals surface area contributed by atoms with Gasteiger partial charge >= 0.3 is 6.03 Å². The molecule has 20 heavy (non-hydrogen) atoms. The van der Waals surface area contributed by atoms with E-state index in [-0.39, 0.29) is 12.1 Å². The summed E-state index contributed by atoms with van der Waals surface area (Å²) in [6.45, 7) is 6.73. The fraction of sp³-hybridized carbons (Fsp3) is 0.533. The number of carbonyl (C=O) groups is 1. The lowest BCUT2D eigenvalue weighted by atomic mass is 10.0. The van der Waals surface area contributed by atoms with E-state index in [1.165, 1.54) is 0 Å². The number of nitrogens with zero attached hydrogens (tertiary/aromatic N) is 1. The topological polar surface area (TPSA) is 53.6 Å². The molecule has 1 unspecified atom stereocenters. The Morgan fingerprint density at radius 1 is 1.40 bits per heavy atom. The molecular formula is C15H23N3O2. The first kappa shape index (κ1) is 14.7. The number of amides is 2. The lowest BCUT2D eigenvalue weighted by molar-refractivity contribution is 0.147. The van der Waals surface area contributed by atoms with Gasteiger partial charge in [-0.1, -0.05) is 13.8 Å². The van der Waals surface area contributed by atoms with E-state index in [2.05, 4.69) is 24.5 Å². The van der Waals surface area contributed by atoms with Crippen LogP contribution in [-0.2, 0) is 0 Å². The van der Waals surface area contributed by atoms with Gasteiger partial charge in [-0.25, -0.2) is 4.79 Å². The molecule has 2 amide bonds. The van der Waals surface area contributed by atoms with Crippen molar-refractivity contribution in [3.63, 3.8) is 0 Å². The Hall–Kier alpha value is -1.75. The molecule has 1 fully saturated rings. The number of methoxy groups -OCH3 is 1. The smallest absolute Gasteiger partial charge is 0.322 e. The van der Waals surface area contributed by atoms with Gasteiger partial charge in [-0.05, 0) is 30.2 Å². The Labute approximate surface area is 120 Å². The number of carbonyl (C=O) groups excluding carboxylic acids is 1. The van der Waals surface area contributed by atoms with Gasteiger partial charge in [0.25, 0.3) is 0 Å². The average Bonchev–Trinajstić information content (AvgIpc) is 2.48. The number of hydrogen-bond acceptors (Lipinski definition) is 3. The van der Waals surface area contributed by atoms with Gasteiger partial charge in [-0.3, -0.25) is 0 Å². The van der Waals surface area contributed by atoms with Gasteiger partial charge in [0.05, 0.1) is 7.11 Å². The van der Waals surface area contributed by atoms with Crippen LogP contribution in [0.1, 0.15) is 13.8 Å². The van der Waals surface area contributed by atoms with Crippen LogP contribution in [0.4, 0.5) is 10.5 Å². The number of benzene rings is 1. The van der Waals surface area contributed by atoms with Crippen LogP contribution in [0.5, 0.6) is 5.75 Å². The third-order valence-corrected chi connectivity index (χ3v) is 3.65. The van der Waals surface area contributed by atoms with Crippen LogP contribution in [0.3, 0.4) is 0 Å². The highest BCUT2D eigenvalue weighted by molar-refractivity contribution is 5.89. The lowest BCUT2D eigenvalue weighted by Crippen LogP contribution is -2.56. The van der Waals surface area contributed by atoms with E-state index in [4.69, 9.17) is 4.74 Å². The van der Waals surface area contributed by atoms with Gasteiger partial charge in [0.15, 0.2) is 0 Å². The van der Waals surface area contributed by atoms with Crippen LogP contribution in [0, 0.1) is 5.92 Å². The predicted octanol–water partition coefficient (Wildman–Crippen LogP) is 2.16. The molecule has 0 radical (unpaired) electrons. The molecule has 1 heterocycles. The van der Waals surface area contributed by atoms with Crippen LogP contribution in [0.15, 0.2) is 24.3 Å². The van der Waals surface area contributed by atoms with Crippen molar-refractivity contribution in [3.8, 4) is 5.75 Å². The van der Waals surface area contributed by atoms with E-state index < -0.39 is 0 Å². The van der Waals surface area contributed by atoms with Crippen molar-refractivity contribution in [2.45, 2.75) is 19.9 Å². The third kappa shape index (κ3) is 3.42. The zero-order valence-electron chi connectivity index (χ0n) is 12.3. The minimum Gasteiger partial charge on any atom is -0.497 e. The summed E-state index contributed by atoms with van der Waals surface area (Å²) in [5.41, 5.74) is 0.789. The van der Waals surface area contributed by atoms with Gasteiger partial charge in [0.2, 0.25) is 0 Å². The Morgan fingerprint density at radius 3 is 2.70 bits per heavy atom. The van der Waals surface area contributed by atoms with Crippen molar-refractivity contribution in [1.82, 2.24) is 10.2 Å². The zero-order chi connectivity index (χ0) is 14.5. The monoisotopic (exact) mass is 277 g/mol. The normalized spacial score (nSPS) is 19.0. The maximum atomic E-state index is 12.4. The van der Waals surface area contributed by atoms with E-state index in [9.17, 15) is 4.79 Å². The quantitative estimate of drug-likeness (QED) is 0.890. The Morgan fingerprint density at radius 2 is 2.10 bits per heavy atom. The standard InChI is InChI=1S/C15H23N3O2/c1-11(2)14-10-16-8-9-18(14)15(19)17-12-4-6-13(20-3)7-5-12/h4-7,11,14,16H,8-10H2,1-3H3,(H,17,19). The van der Waals surface area contributed by atoms with Crippen molar-refractivity contribution in [2.75, 3.05) is 32.1 Å². The van der Waals surface area contributed by atoms with E-state index >= 15 is 0 Å². The maximum Gasteiger partial charge on any atom is 0.322 e. The van der Waals surface area contributed by atoms with Crippen molar-refractivity contribution in [3.05, 3.63) is 24.3 Å². The van der Waals surface area contributed by atoms with Gasteiger partial charge in [0.1, 0.15) is 5.75 Å². The van der Waals surface area contributed by atoms with Crippen molar-refractivity contribution >= 4 is 11.7 Å². The summed E-state index contributed by atoms with van der Waals surface area (Å²) in [5.74, 6) is 1.22. The van der Waals surface area contributed by atoms with Crippen molar-refractivity contribution in [2.24, 2.45) is 5.92 Å². The van der Waals surface area contributed by atoms with Gasteiger partial charge in [-0.15, -0.1) is 0 Å². The second-order valence-corrected chi connectivity index (χ2v) is 5.37. The molecular weight excluding hydrogens is 254 g/mol. The highest BCUT2D eigenvalue weighted by atomic mass is 16.5. The Kier molecular flexibility index (Phi) is 4.84. The number of ether oxygens (including phenoxy) is 1. The molecule has 5 heteroatoms. The summed E-state index contributed by atoms with van der Waals surface area (Å²) in [5, 5.41) is 6.29. The molecule has 0 spiro atoms. The molecule has 1 aromatic carbocycles. The summed E-state index contributed by atoms with van der Waals surface area (Å²) in [4.78, 5) is 14.3. The maximum absolute atomic E-state index is 12.4. The zero-order valence-corrected chi connectivity index (χ0v) is 12.3. The molecule has 0 saturated carbocycles. The van der Waals surface area contributed by atoms with Gasteiger partial charge < -0.3 is 20.3 Å². The number of rotatable bonds is 3. The molecule has 1 saturated heterocycles. The van der Waals surface area contributed by atoms with E-state index in [0.717, 1.165) is 31.1 Å². The first-order chi connectivity index (χ1) is 9.61. The van der Waals surface area contributed by atoms with Crippen molar-refractivity contribution in [1.29, 1.82) is 0 Å². The van der Waals surface area contributed by atoms with Crippen LogP contribution in [0.2, 0.25) is 0 Å². The second kappa shape index (κ2) is 6.61. The molecule has 1 aromatic rings. The van der Waals surface area contributed by atoms with E-state index in [1.54, 1.807) is 7.11 Å². The second-order valence-electron chi connectivity index (χ2n) is 5.37. The first-order valence-corrected chi connectivity index (χ1v) is 7.04. The molecule has 2 rings (SSSR count). The van der Waals surface area contributed by atoms with Gasteiger partial charge in [0, 0.05) is 31.4 Å². The molecule has 2 N–H and O–H groups in total.